The lowest BCUT2D eigenvalue weighted by Crippen LogP contribution is -2.12. The molecule has 0 spiro atoms. The molecule has 0 aliphatic heterocycles. The summed E-state index contributed by atoms with van der Waals surface area (Å²) in [6.45, 7) is 1.73. The van der Waals surface area contributed by atoms with Crippen molar-refractivity contribution in [3.8, 4) is 0 Å². The lowest BCUT2D eigenvalue weighted by Gasteiger charge is -2.08. The molecule has 0 radical (unpaired) electrons. The van der Waals surface area contributed by atoms with Gasteiger partial charge in [0.05, 0.1) is 0 Å². The zero-order chi connectivity index (χ0) is 14.1. The van der Waals surface area contributed by atoms with Gasteiger partial charge in [-0.25, -0.2) is 13.8 Å². The predicted molar refractivity (Wildman–Crippen MR) is 70.9 cm³/mol. The van der Waals surface area contributed by atoms with Crippen LogP contribution in [0, 0.1) is 0 Å². The van der Waals surface area contributed by atoms with E-state index in [1.807, 2.05) is 0 Å². The highest BCUT2D eigenvalue weighted by Crippen LogP contribution is 2.24. The van der Waals surface area contributed by atoms with Crippen molar-refractivity contribution in [1.82, 2.24) is 5.43 Å². The lowest BCUT2D eigenvalue weighted by molar-refractivity contribution is 0.367. The Morgan fingerprint density at radius 2 is 2.32 bits per heavy atom. The summed E-state index contributed by atoms with van der Waals surface area (Å²) in [5.41, 5.74) is 2.25. The summed E-state index contributed by atoms with van der Waals surface area (Å²) in [5, 5.41) is 0. The Morgan fingerprint density at radius 3 is 3.00 bits per heavy atom. The van der Waals surface area contributed by atoms with E-state index in [2.05, 4.69) is 10.4 Å². The monoisotopic (exact) mass is 267 g/mol. The van der Waals surface area contributed by atoms with Crippen LogP contribution in [0.15, 0.2) is 65.2 Å². The number of aliphatic imine (C=N–C) groups is 1. The van der Waals surface area contributed by atoms with Crippen LogP contribution >= 0.6 is 0 Å². The summed E-state index contributed by atoms with van der Waals surface area (Å²) in [5.74, 6) is 3.13. The molecule has 4 nitrogen and oxygen atoms in total. The summed E-state index contributed by atoms with van der Waals surface area (Å²) < 4.78 is 32.4. The Labute approximate surface area is 110 Å². The van der Waals surface area contributed by atoms with Crippen LogP contribution in [0.1, 0.15) is 13.3 Å². The van der Waals surface area contributed by atoms with Crippen LogP contribution in [0.4, 0.5) is 8.78 Å². The number of allylic oxidation sites excluding steroid dienone is 6. The molecular formula is C13H15F2N3O. The number of nitrogens with one attached hydrogen (secondary N) is 1. The molecule has 1 rings (SSSR count). The molecule has 3 N–H and O–H groups in total. The van der Waals surface area contributed by atoms with Gasteiger partial charge >= 0.3 is 0 Å². The summed E-state index contributed by atoms with van der Waals surface area (Å²) in [6.07, 6.45) is 9.80. The minimum atomic E-state index is -0.788. The van der Waals surface area contributed by atoms with E-state index in [1.54, 1.807) is 13.0 Å². The van der Waals surface area contributed by atoms with E-state index in [0.29, 0.717) is 0 Å². The first-order chi connectivity index (χ1) is 9.19. The standard InChI is InChI=1S/C13H15F2N3O/c1-2-5-12(17-8-9-18-16)19-13-10(14)6-3-4-7-11(13)15/h2-6,8-9,18H,7,16H2,1H3/b5-2+,9-8+,17-12-. The summed E-state index contributed by atoms with van der Waals surface area (Å²) >= 11 is 0. The smallest absolute Gasteiger partial charge is 0.219 e. The van der Waals surface area contributed by atoms with E-state index < -0.39 is 17.4 Å². The molecule has 0 heterocycles. The molecule has 102 valence electrons. The number of nitrogens with zero attached hydrogens (tertiary/aromatic N) is 1. The number of hydrogen-bond donors (Lipinski definition) is 2. The van der Waals surface area contributed by atoms with Gasteiger partial charge in [0.1, 0.15) is 5.83 Å². The predicted octanol–water partition coefficient (Wildman–Crippen LogP) is 2.91. The van der Waals surface area contributed by atoms with Gasteiger partial charge in [-0.05, 0) is 19.1 Å². The Kier molecular flexibility index (Phi) is 6.25. The van der Waals surface area contributed by atoms with Crippen molar-refractivity contribution in [2.45, 2.75) is 13.3 Å². The van der Waals surface area contributed by atoms with Crippen LogP contribution in [0.3, 0.4) is 0 Å². The maximum Gasteiger partial charge on any atom is 0.219 e. The SMILES string of the molecule is C/C=C/C(=N/C=C/NN)OC1=C(F)CC=CC=C1F. The fraction of sp³-hybridized carbons (Fsp3) is 0.154. The molecule has 0 bridgehead atoms. The Bertz CT molecular complexity index is 488. The van der Waals surface area contributed by atoms with Gasteiger partial charge in [0.2, 0.25) is 5.90 Å². The second-order valence-corrected chi connectivity index (χ2v) is 3.43. The second kappa shape index (κ2) is 7.99. The Hall–Kier alpha value is -2.21. The van der Waals surface area contributed by atoms with Gasteiger partial charge in [0.15, 0.2) is 11.6 Å². The zero-order valence-electron chi connectivity index (χ0n) is 10.4. The highest BCUT2D eigenvalue weighted by molar-refractivity contribution is 5.89. The van der Waals surface area contributed by atoms with Crippen LogP contribution in [0.25, 0.3) is 0 Å². The fourth-order valence-corrected chi connectivity index (χ4v) is 1.23. The van der Waals surface area contributed by atoms with E-state index in [9.17, 15) is 8.78 Å². The van der Waals surface area contributed by atoms with E-state index in [-0.39, 0.29) is 12.3 Å². The van der Waals surface area contributed by atoms with Crippen molar-refractivity contribution in [2.24, 2.45) is 10.8 Å². The van der Waals surface area contributed by atoms with Crippen molar-refractivity contribution in [3.05, 3.63) is 60.2 Å². The number of nitrogens with two attached hydrogens (primary N) is 1. The van der Waals surface area contributed by atoms with Crippen molar-refractivity contribution in [1.29, 1.82) is 0 Å². The fourth-order valence-electron chi connectivity index (χ4n) is 1.23. The second-order valence-electron chi connectivity index (χ2n) is 3.43. The van der Waals surface area contributed by atoms with E-state index >= 15 is 0 Å². The number of ether oxygens (including phenoxy) is 1. The number of hydrogen-bond acceptors (Lipinski definition) is 4. The third kappa shape index (κ3) is 4.89. The van der Waals surface area contributed by atoms with Gasteiger partial charge in [-0.3, -0.25) is 5.84 Å². The first-order valence-corrected chi connectivity index (χ1v) is 5.60. The van der Waals surface area contributed by atoms with E-state index in [1.165, 1.54) is 30.6 Å². The molecule has 0 unspecified atom stereocenters. The van der Waals surface area contributed by atoms with Crippen molar-refractivity contribution < 1.29 is 13.5 Å². The topological polar surface area (TPSA) is 59.6 Å². The Balaban J connectivity index is 2.96. The average molecular weight is 267 g/mol. The molecule has 1 aliphatic rings. The van der Waals surface area contributed by atoms with Gasteiger partial charge in [0.25, 0.3) is 0 Å². The Morgan fingerprint density at radius 1 is 1.53 bits per heavy atom. The van der Waals surface area contributed by atoms with Crippen molar-refractivity contribution in [3.63, 3.8) is 0 Å². The number of hydrazine groups is 1. The molecule has 1 aliphatic carbocycles. The van der Waals surface area contributed by atoms with Gasteiger partial charge in [-0.15, -0.1) is 0 Å². The van der Waals surface area contributed by atoms with Gasteiger partial charge in [-0.1, -0.05) is 18.2 Å². The average Bonchev–Trinajstić information content (AvgIpc) is 2.54. The molecule has 0 aromatic heterocycles. The zero-order valence-corrected chi connectivity index (χ0v) is 10.4. The molecule has 6 heteroatoms. The highest BCUT2D eigenvalue weighted by atomic mass is 19.1. The summed E-state index contributed by atoms with van der Waals surface area (Å²) in [6, 6.07) is 0. The van der Waals surface area contributed by atoms with Crippen LogP contribution in [0.2, 0.25) is 0 Å². The first-order valence-electron chi connectivity index (χ1n) is 5.60. The lowest BCUT2D eigenvalue weighted by atomic mass is 10.3. The molecule has 0 saturated carbocycles. The van der Waals surface area contributed by atoms with Crippen LogP contribution in [-0.2, 0) is 4.74 Å². The highest BCUT2D eigenvalue weighted by Gasteiger charge is 2.16. The maximum atomic E-state index is 13.6. The molecule has 0 amide bonds. The number of rotatable bonds is 4. The molecule has 0 aromatic carbocycles. The van der Waals surface area contributed by atoms with E-state index in [0.717, 1.165) is 6.08 Å². The molecule has 0 atom stereocenters. The maximum absolute atomic E-state index is 13.6. The van der Waals surface area contributed by atoms with Gasteiger partial charge < -0.3 is 10.2 Å². The molecule has 0 fully saturated rings. The van der Waals surface area contributed by atoms with Crippen molar-refractivity contribution in [2.75, 3.05) is 0 Å². The number of halogens is 2. The third-order valence-corrected chi connectivity index (χ3v) is 2.03. The van der Waals surface area contributed by atoms with Gasteiger partial charge in [0, 0.05) is 18.8 Å². The molecule has 19 heavy (non-hydrogen) atoms. The normalized spacial score (nSPS) is 17.1. The van der Waals surface area contributed by atoms with Crippen LogP contribution < -0.4 is 11.3 Å². The third-order valence-electron chi connectivity index (χ3n) is 2.03. The minimum Gasteiger partial charge on any atom is -0.433 e. The van der Waals surface area contributed by atoms with Crippen LogP contribution in [0.5, 0.6) is 0 Å². The molecule has 0 aromatic rings. The minimum absolute atomic E-state index is 0.0252. The van der Waals surface area contributed by atoms with Crippen LogP contribution in [-0.4, -0.2) is 5.90 Å². The largest absolute Gasteiger partial charge is 0.433 e. The van der Waals surface area contributed by atoms with Crippen molar-refractivity contribution >= 4 is 5.90 Å². The van der Waals surface area contributed by atoms with E-state index in [4.69, 9.17) is 10.6 Å². The summed E-state index contributed by atoms with van der Waals surface area (Å²) in [4.78, 5) is 3.87. The molecule has 0 saturated heterocycles. The first kappa shape index (κ1) is 14.8. The summed E-state index contributed by atoms with van der Waals surface area (Å²) in [7, 11) is 0. The quantitative estimate of drug-likeness (QED) is 0.356. The van der Waals surface area contributed by atoms with Gasteiger partial charge in [-0.2, -0.15) is 0 Å². The molecular weight excluding hydrogens is 252 g/mol.